The first kappa shape index (κ1) is 24.8. The highest BCUT2D eigenvalue weighted by molar-refractivity contribution is 5.33. The maximum Gasteiger partial charge on any atom is 0.191 e. The Morgan fingerprint density at radius 2 is 1.70 bits per heavy atom. The quantitative estimate of drug-likeness (QED) is 0.390. The third kappa shape index (κ3) is 4.99. The molecule has 4 aliphatic rings. The summed E-state index contributed by atoms with van der Waals surface area (Å²) in [7, 11) is 0. The number of rotatable bonds is 8. The zero-order valence-electron chi connectivity index (χ0n) is 21.5. The predicted molar refractivity (Wildman–Crippen MR) is 137 cm³/mol. The summed E-state index contributed by atoms with van der Waals surface area (Å²) < 4.78 is 26.5. The highest BCUT2D eigenvalue weighted by atomic mass is 19.1. The van der Waals surface area contributed by atoms with Crippen LogP contribution in [0.3, 0.4) is 0 Å². The molecule has 4 heterocycles. The van der Waals surface area contributed by atoms with Gasteiger partial charge in [-0.1, -0.05) is 85.3 Å². The van der Waals surface area contributed by atoms with Gasteiger partial charge in [0.1, 0.15) is 25.0 Å². The average molecular weight is 505 g/mol. The minimum atomic E-state index is -1.38. The van der Waals surface area contributed by atoms with Gasteiger partial charge < -0.3 is 18.8 Å². The van der Waals surface area contributed by atoms with E-state index in [0.717, 1.165) is 86.1 Å². The van der Waals surface area contributed by atoms with Crippen molar-refractivity contribution in [2.75, 3.05) is 19.6 Å². The maximum absolute atomic E-state index is 14.6. The molecule has 2 atom stereocenters. The maximum atomic E-state index is 14.6. The van der Waals surface area contributed by atoms with E-state index in [1.165, 1.54) is 18.6 Å². The number of ether oxygens (including phenoxy) is 1. The molecular formula is C31H37FN2O3. The van der Waals surface area contributed by atoms with Crippen molar-refractivity contribution in [1.29, 1.82) is 0 Å². The molecule has 6 heteroatoms. The zero-order chi connectivity index (χ0) is 25.3. The summed E-state index contributed by atoms with van der Waals surface area (Å²) in [5, 5.41) is 19.1. The molecule has 0 spiro atoms. The number of hydrogen-bond acceptors (Lipinski definition) is 4. The first-order chi connectivity index (χ1) is 18.0. The number of nitrogens with zero attached hydrogens (tertiary/aromatic N) is 2. The lowest BCUT2D eigenvalue weighted by atomic mass is 9.71. The van der Waals surface area contributed by atoms with Gasteiger partial charge in [-0.05, 0) is 29.2 Å². The molecule has 3 saturated heterocycles. The molecule has 0 N–H and O–H groups in total. The predicted octanol–water partition coefficient (Wildman–Crippen LogP) is 5.32. The van der Waals surface area contributed by atoms with Crippen LogP contribution in [0.25, 0.3) is 0 Å². The molecule has 5 nitrogen and oxygen atoms in total. The lowest BCUT2D eigenvalue weighted by Gasteiger charge is -2.52. The number of piperidine rings is 3. The summed E-state index contributed by atoms with van der Waals surface area (Å²) in [6.45, 7) is 4.38. The number of halogens is 1. The van der Waals surface area contributed by atoms with Gasteiger partial charge in [0.2, 0.25) is 0 Å². The average Bonchev–Trinajstić information content (AvgIpc) is 3.42. The Morgan fingerprint density at radius 3 is 2.43 bits per heavy atom. The summed E-state index contributed by atoms with van der Waals surface area (Å²) in [5.41, 5.74) is 0.954. The van der Waals surface area contributed by atoms with Crippen LogP contribution in [-0.4, -0.2) is 35.4 Å². The van der Waals surface area contributed by atoms with E-state index in [1.54, 1.807) is 12.1 Å². The van der Waals surface area contributed by atoms with Crippen molar-refractivity contribution in [1.82, 2.24) is 5.16 Å². The van der Waals surface area contributed by atoms with Crippen molar-refractivity contribution in [3.8, 4) is 0 Å². The Hall–Kier alpha value is -2.54. The van der Waals surface area contributed by atoms with Crippen LogP contribution in [0.15, 0.2) is 65.2 Å². The van der Waals surface area contributed by atoms with E-state index in [2.05, 4.69) is 5.16 Å². The highest BCUT2D eigenvalue weighted by Gasteiger charge is 2.47. The molecule has 1 unspecified atom stereocenters. The molecule has 1 aliphatic carbocycles. The summed E-state index contributed by atoms with van der Waals surface area (Å²) in [5.74, 6) is 1.19. The standard InChI is InChI=1S/C31H37FN2O3/c32-27-13-11-23(12-14-27)22-36-29-21-34(17-15-24(29)16-18-34)20-28-19-30(33-37-28)31(35,25-7-3-1-4-8-25)26-9-5-2-6-10-26/h1,3-4,7-8,11-14,19,24,26,29H,2,5-6,9-10,15-18,20-22H2/t24?,29?,31-,34?/m0/s1. The highest BCUT2D eigenvalue weighted by Crippen LogP contribution is 2.42. The van der Waals surface area contributed by atoms with Crippen LogP contribution in [0.5, 0.6) is 0 Å². The van der Waals surface area contributed by atoms with Crippen LogP contribution in [0.4, 0.5) is 4.39 Å². The first-order valence-electron chi connectivity index (χ1n) is 14.0. The minimum Gasteiger partial charge on any atom is -0.841 e. The Morgan fingerprint density at radius 1 is 0.973 bits per heavy atom. The SMILES string of the molecule is [O-][C@](c1ccccc1)(c1cc(C[N+]23CCC(CC2)C(OCc2ccc(F)cc2)C3)on1)C1CCCCC1. The normalized spacial score (nSPS) is 27.7. The van der Waals surface area contributed by atoms with E-state index in [9.17, 15) is 9.50 Å². The van der Waals surface area contributed by atoms with Crippen LogP contribution in [0.2, 0.25) is 0 Å². The lowest BCUT2D eigenvalue weighted by molar-refractivity contribution is -0.959. The third-order valence-corrected chi connectivity index (χ3v) is 9.23. The Labute approximate surface area is 218 Å². The fourth-order valence-corrected chi connectivity index (χ4v) is 7.10. The van der Waals surface area contributed by atoms with Crippen molar-refractivity contribution in [3.63, 3.8) is 0 Å². The molecule has 196 valence electrons. The van der Waals surface area contributed by atoms with Gasteiger partial charge in [-0.3, -0.25) is 0 Å². The number of aromatic nitrogens is 1. The van der Waals surface area contributed by atoms with Crippen LogP contribution in [0.1, 0.15) is 67.5 Å². The zero-order valence-corrected chi connectivity index (χ0v) is 21.5. The molecule has 3 aromatic rings. The summed E-state index contributed by atoms with van der Waals surface area (Å²) in [4.78, 5) is 0. The monoisotopic (exact) mass is 504 g/mol. The summed E-state index contributed by atoms with van der Waals surface area (Å²) in [6.07, 6.45) is 7.74. The fraction of sp³-hybridized carbons (Fsp3) is 0.516. The van der Waals surface area contributed by atoms with Gasteiger partial charge in [0.05, 0.1) is 25.4 Å². The molecule has 1 saturated carbocycles. The molecule has 37 heavy (non-hydrogen) atoms. The second-order valence-corrected chi connectivity index (χ2v) is 11.6. The smallest absolute Gasteiger partial charge is 0.191 e. The molecule has 7 rings (SSSR count). The third-order valence-electron chi connectivity index (χ3n) is 9.23. The van der Waals surface area contributed by atoms with Crippen molar-refractivity contribution in [3.05, 3.63) is 89.1 Å². The van der Waals surface area contributed by atoms with Crippen LogP contribution >= 0.6 is 0 Å². The van der Waals surface area contributed by atoms with E-state index < -0.39 is 5.60 Å². The van der Waals surface area contributed by atoms with Crippen molar-refractivity contribution in [2.24, 2.45) is 11.8 Å². The molecule has 3 aliphatic heterocycles. The van der Waals surface area contributed by atoms with Crippen LogP contribution < -0.4 is 5.11 Å². The molecule has 1 aromatic heterocycles. The molecule has 0 radical (unpaired) electrons. The Bertz CT molecular complexity index is 1170. The summed E-state index contributed by atoms with van der Waals surface area (Å²) >= 11 is 0. The molecule has 0 amide bonds. The molecule has 2 bridgehead atoms. The van der Waals surface area contributed by atoms with E-state index in [0.29, 0.717) is 18.2 Å². The van der Waals surface area contributed by atoms with Crippen molar-refractivity contribution in [2.45, 2.75) is 69.8 Å². The topological polar surface area (TPSA) is 58.3 Å². The van der Waals surface area contributed by atoms with Gasteiger partial charge >= 0.3 is 0 Å². The van der Waals surface area contributed by atoms with Gasteiger partial charge in [0.25, 0.3) is 0 Å². The van der Waals surface area contributed by atoms with Gasteiger partial charge in [-0.2, -0.15) is 0 Å². The van der Waals surface area contributed by atoms with Crippen LogP contribution in [0, 0.1) is 17.7 Å². The lowest BCUT2D eigenvalue weighted by Crippen LogP contribution is -2.63. The summed E-state index contributed by atoms with van der Waals surface area (Å²) in [6, 6.07) is 18.3. The van der Waals surface area contributed by atoms with Gasteiger partial charge in [0.15, 0.2) is 5.76 Å². The fourth-order valence-electron chi connectivity index (χ4n) is 7.10. The molecule has 2 aromatic carbocycles. The second kappa shape index (κ2) is 10.3. The van der Waals surface area contributed by atoms with E-state index in [1.807, 2.05) is 36.4 Å². The van der Waals surface area contributed by atoms with E-state index >= 15 is 0 Å². The first-order valence-corrected chi connectivity index (χ1v) is 14.0. The minimum absolute atomic E-state index is 0.0311. The second-order valence-electron chi connectivity index (χ2n) is 11.6. The molecular weight excluding hydrogens is 467 g/mol. The number of quaternary nitrogens is 1. The number of hydrogen-bond donors (Lipinski definition) is 0. The van der Waals surface area contributed by atoms with Gasteiger partial charge in [0, 0.05) is 24.8 Å². The van der Waals surface area contributed by atoms with Crippen molar-refractivity contribution >= 4 is 0 Å². The van der Waals surface area contributed by atoms with Crippen molar-refractivity contribution < 1.29 is 23.2 Å². The Kier molecular flexibility index (Phi) is 6.91. The van der Waals surface area contributed by atoms with Gasteiger partial charge in [-0.15, -0.1) is 0 Å². The molecule has 4 fully saturated rings. The Balaban J connectivity index is 1.19. The van der Waals surface area contributed by atoms with E-state index in [4.69, 9.17) is 9.26 Å². The largest absolute Gasteiger partial charge is 0.841 e. The van der Waals surface area contributed by atoms with E-state index in [-0.39, 0.29) is 17.8 Å². The number of fused-ring (bicyclic) bond motifs is 3. The van der Waals surface area contributed by atoms with Crippen LogP contribution in [-0.2, 0) is 23.5 Å². The van der Waals surface area contributed by atoms with Gasteiger partial charge in [-0.25, -0.2) is 4.39 Å². The number of benzene rings is 2.